The van der Waals surface area contributed by atoms with E-state index in [1.165, 1.54) is 12.8 Å². The molecule has 1 saturated carbocycles. The quantitative estimate of drug-likeness (QED) is 0.735. The predicted octanol–water partition coefficient (Wildman–Crippen LogP) is 3.78. The molecular weight excluding hydrogens is 314 g/mol. The van der Waals surface area contributed by atoms with E-state index < -0.39 is 0 Å². The van der Waals surface area contributed by atoms with Gasteiger partial charge in [0, 0.05) is 23.3 Å². The van der Waals surface area contributed by atoms with Crippen molar-refractivity contribution >= 4 is 23.2 Å². The van der Waals surface area contributed by atoms with Crippen molar-refractivity contribution in [3.63, 3.8) is 0 Å². The van der Waals surface area contributed by atoms with Gasteiger partial charge in [-0.25, -0.2) is 0 Å². The topological polar surface area (TPSA) is 70.2 Å². The van der Waals surface area contributed by atoms with Gasteiger partial charge < -0.3 is 16.0 Å². The van der Waals surface area contributed by atoms with E-state index in [4.69, 9.17) is 0 Å². The third-order valence-electron chi connectivity index (χ3n) is 4.82. The molecule has 0 bridgehead atoms. The number of hydrogen-bond acceptors (Lipinski definition) is 3. The first-order chi connectivity index (χ1) is 11.8. The molecule has 5 nitrogen and oxygen atoms in total. The molecule has 0 aromatic heterocycles. The van der Waals surface area contributed by atoms with Crippen molar-refractivity contribution in [2.45, 2.75) is 65.5 Å². The number of carbonyl (C=O) groups excluding carboxylic acids is 2. The van der Waals surface area contributed by atoms with Crippen molar-refractivity contribution in [3.05, 3.63) is 24.3 Å². The zero-order valence-corrected chi connectivity index (χ0v) is 15.8. The Morgan fingerprint density at radius 2 is 1.48 bits per heavy atom. The standard InChI is InChI=1S/C20H31N3O2/c1-13(2)19(24)22-18-11-9-16(10-12-18)21-15(4)20(25)23-17-7-5-14(3)6-8-17/h9-15,17,21H,5-8H2,1-4H3,(H,22,24)(H,23,25). The second-order valence-corrected chi connectivity index (χ2v) is 7.55. The van der Waals surface area contributed by atoms with Gasteiger partial charge in [-0.3, -0.25) is 9.59 Å². The Bertz CT molecular complexity index is 575. The summed E-state index contributed by atoms with van der Waals surface area (Å²) < 4.78 is 0. The third kappa shape index (κ3) is 6.07. The molecule has 0 saturated heterocycles. The molecule has 0 spiro atoms. The molecule has 2 amide bonds. The molecule has 1 aliphatic rings. The van der Waals surface area contributed by atoms with Crippen LogP contribution in [-0.4, -0.2) is 23.9 Å². The second-order valence-electron chi connectivity index (χ2n) is 7.55. The Kier molecular flexibility index (Phi) is 6.85. The average molecular weight is 345 g/mol. The molecule has 0 aliphatic heterocycles. The Balaban J connectivity index is 1.82. The number of nitrogens with one attached hydrogen (secondary N) is 3. The van der Waals surface area contributed by atoms with E-state index in [1.807, 2.05) is 45.0 Å². The molecule has 138 valence electrons. The van der Waals surface area contributed by atoms with E-state index in [-0.39, 0.29) is 23.8 Å². The van der Waals surface area contributed by atoms with Crippen LogP contribution < -0.4 is 16.0 Å². The number of anilines is 2. The number of hydrogen-bond donors (Lipinski definition) is 3. The molecule has 1 aliphatic carbocycles. The Morgan fingerprint density at radius 3 is 2.04 bits per heavy atom. The van der Waals surface area contributed by atoms with Gasteiger partial charge in [-0.2, -0.15) is 0 Å². The van der Waals surface area contributed by atoms with Gasteiger partial charge in [0.25, 0.3) is 0 Å². The lowest BCUT2D eigenvalue weighted by atomic mass is 9.87. The summed E-state index contributed by atoms with van der Waals surface area (Å²) in [4.78, 5) is 24.0. The zero-order valence-electron chi connectivity index (χ0n) is 15.8. The van der Waals surface area contributed by atoms with E-state index in [0.717, 1.165) is 30.1 Å². The number of amides is 2. The number of carbonyl (C=O) groups is 2. The first-order valence-corrected chi connectivity index (χ1v) is 9.33. The molecule has 1 aromatic carbocycles. The van der Waals surface area contributed by atoms with Crippen LogP contribution in [0.4, 0.5) is 11.4 Å². The summed E-state index contributed by atoms with van der Waals surface area (Å²) >= 11 is 0. The Morgan fingerprint density at radius 1 is 0.920 bits per heavy atom. The van der Waals surface area contributed by atoms with Gasteiger partial charge >= 0.3 is 0 Å². The normalized spacial score (nSPS) is 21.5. The van der Waals surface area contributed by atoms with Crippen molar-refractivity contribution in [3.8, 4) is 0 Å². The van der Waals surface area contributed by atoms with Gasteiger partial charge in [-0.05, 0) is 62.8 Å². The van der Waals surface area contributed by atoms with E-state index in [0.29, 0.717) is 6.04 Å². The fourth-order valence-electron chi connectivity index (χ4n) is 2.98. The van der Waals surface area contributed by atoms with Gasteiger partial charge in [0.1, 0.15) is 6.04 Å². The largest absolute Gasteiger partial charge is 0.374 e. The Labute approximate surface area is 151 Å². The van der Waals surface area contributed by atoms with Crippen molar-refractivity contribution < 1.29 is 9.59 Å². The van der Waals surface area contributed by atoms with Gasteiger partial charge in [0.05, 0.1) is 0 Å². The summed E-state index contributed by atoms with van der Waals surface area (Å²) in [7, 11) is 0. The van der Waals surface area contributed by atoms with Crippen LogP contribution in [0.1, 0.15) is 53.4 Å². The minimum atomic E-state index is -0.296. The summed E-state index contributed by atoms with van der Waals surface area (Å²) in [5.41, 5.74) is 1.63. The van der Waals surface area contributed by atoms with Crippen LogP contribution in [0.25, 0.3) is 0 Å². The molecule has 0 radical (unpaired) electrons. The zero-order chi connectivity index (χ0) is 18.4. The molecule has 5 heteroatoms. The van der Waals surface area contributed by atoms with Crippen molar-refractivity contribution in [2.75, 3.05) is 10.6 Å². The highest BCUT2D eigenvalue weighted by Gasteiger charge is 2.22. The number of rotatable bonds is 6. The molecule has 1 aromatic rings. The Hall–Kier alpha value is -2.04. The second kappa shape index (κ2) is 8.88. The van der Waals surface area contributed by atoms with Gasteiger partial charge in [0.15, 0.2) is 0 Å². The average Bonchev–Trinajstić information content (AvgIpc) is 2.58. The van der Waals surface area contributed by atoms with E-state index in [2.05, 4.69) is 22.9 Å². The lowest BCUT2D eigenvalue weighted by Gasteiger charge is -2.28. The molecule has 0 heterocycles. The van der Waals surface area contributed by atoms with E-state index in [9.17, 15) is 9.59 Å². The molecular formula is C20H31N3O2. The minimum Gasteiger partial charge on any atom is -0.374 e. The lowest BCUT2D eigenvalue weighted by molar-refractivity contribution is -0.122. The van der Waals surface area contributed by atoms with Gasteiger partial charge in [0.2, 0.25) is 11.8 Å². The minimum absolute atomic E-state index is 0.00439. The SMILES string of the molecule is CC1CCC(NC(=O)C(C)Nc2ccc(NC(=O)C(C)C)cc2)CC1. The number of benzene rings is 1. The summed E-state index contributed by atoms with van der Waals surface area (Å²) in [5, 5.41) is 9.23. The lowest BCUT2D eigenvalue weighted by Crippen LogP contribution is -2.44. The predicted molar refractivity (Wildman–Crippen MR) is 103 cm³/mol. The highest BCUT2D eigenvalue weighted by molar-refractivity contribution is 5.92. The first kappa shape index (κ1) is 19.3. The molecule has 1 fully saturated rings. The smallest absolute Gasteiger partial charge is 0.242 e. The van der Waals surface area contributed by atoms with Crippen LogP contribution in [0, 0.1) is 11.8 Å². The van der Waals surface area contributed by atoms with Crippen LogP contribution in [0.3, 0.4) is 0 Å². The molecule has 2 rings (SSSR count). The monoisotopic (exact) mass is 345 g/mol. The van der Waals surface area contributed by atoms with Gasteiger partial charge in [-0.1, -0.05) is 20.8 Å². The maximum atomic E-state index is 12.4. The highest BCUT2D eigenvalue weighted by Crippen LogP contribution is 2.23. The maximum absolute atomic E-state index is 12.4. The van der Waals surface area contributed by atoms with Crippen LogP contribution >= 0.6 is 0 Å². The van der Waals surface area contributed by atoms with Crippen molar-refractivity contribution in [1.82, 2.24) is 5.32 Å². The van der Waals surface area contributed by atoms with Crippen molar-refractivity contribution in [2.24, 2.45) is 11.8 Å². The first-order valence-electron chi connectivity index (χ1n) is 9.33. The fourth-order valence-corrected chi connectivity index (χ4v) is 2.98. The van der Waals surface area contributed by atoms with E-state index >= 15 is 0 Å². The molecule has 25 heavy (non-hydrogen) atoms. The fraction of sp³-hybridized carbons (Fsp3) is 0.600. The third-order valence-corrected chi connectivity index (χ3v) is 4.82. The summed E-state index contributed by atoms with van der Waals surface area (Å²) in [6, 6.07) is 7.45. The summed E-state index contributed by atoms with van der Waals surface area (Å²) in [6.07, 6.45) is 4.53. The van der Waals surface area contributed by atoms with Gasteiger partial charge in [-0.15, -0.1) is 0 Å². The molecule has 3 N–H and O–H groups in total. The highest BCUT2D eigenvalue weighted by atomic mass is 16.2. The van der Waals surface area contributed by atoms with Crippen molar-refractivity contribution in [1.29, 1.82) is 0 Å². The van der Waals surface area contributed by atoms with E-state index in [1.54, 1.807) is 0 Å². The van der Waals surface area contributed by atoms with Crippen LogP contribution in [0.2, 0.25) is 0 Å². The van der Waals surface area contributed by atoms with Crippen LogP contribution in [-0.2, 0) is 9.59 Å². The maximum Gasteiger partial charge on any atom is 0.242 e. The summed E-state index contributed by atoms with van der Waals surface area (Å²) in [6.45, 7) is 7.86. The van der Waals surface area contributed by atoms with Crippen LogP contribution in [0.5, 0.6) is 0 Å². The van der Waals surface area contributed by atoms with Crippen LogP contribution in [0.15, 0.2) is 24.3 Å². The summed E-state index contributed by atoms with van der Waals surface area (Å²) in [5.74, 6) is 0.759. The molecule has 1 unspecified atom stereocenters. The molecule has 1 atom stereocenters.